The first-order valence-corrected chi connectivity index (χ1v) is 5.51. The molecule has 0 saturated heterocycles. The lowest BCUT2D eigenvalue weighted by Crippen LogP contribution is -2.15. The van der Waals surface area contributed by atoms with Gasteiger partial charge in [0.2, 0.25) is 10.0 Å². The Morgan fingerprint density at radius 3 is 2.79 bits per heavy atom. The van der Waals surface area contributed by atoms with Crippen LogP contribution in [0.25, 0.3) is 0 Å². The van der Waals surface area contributed by atoms with Crippen LogP contribution in [0.4, 0.5) is 11.5 Å². The summed E-state index contributed by atoms with van der Waals surface area (Å²) in [5, 5.41) is 0. The van der Waals surface area contributed by atoms with Gasteiger partial charge in [0.25, 0.3) is 0 Å². The van der Waals surface area contributed by atoms with E-state index in [2.05, 4.69) is 16.3 Å². The Morgan fingerprint density at radius 1 is 1.57 bits per heavy atom. The first-order valence-electron chi connectivity index (χ1n) is 3.86. The number of hydrogen-bond acceptors (Lipinski definition) is 4. The molecule has 0 aliphatic heterocycles. The van der Waals surface area contributed by atoms with Crippen LogP contribution in [0.1, 0.15) is 0 Å². The summed E-state index contributed by atoms with van der Waals surface area (Å²) < 4.78 is 24.8. The number of pyridine rings is 1. The number of nitrogens with zero attached hydrogens (tertiary/aromatic N) is 1. The summed E-state index contributed by atoms with van der Waals surface area (Å²) in [5.74, 6) is 0.217. The number of anilines is 2. The Bertz CT molecular complexity index is 411. The van der Waals surface area contributed by atoms with E-state index in [1.54, 1.807) is 6.07 Å². The normalized spacial score (nSPS) is 10.9. The van der Waals surface area contributed by atoms with Crippen molar-refractivity contribution in [1.29, 1.82) is 0 Å². The van der Waals surface area contributed by atoms with E-state index in [9.17, 15) is 8.42 Å². The van der Waals surface area contributed by atoms with Crippen molar-refractivity contribution in [2.75, 3.05) is 16.2 Å². The van der Waals surface area contributed by atoms with Crippen LogP contribution in [-0.2, 0) is 10.0 Å². The fraction of sp³-hybridized carbons (Fsp3) is 0.125. The minimum Gasteiger partial charge on any atom is -0.384 e. The molecule has 5 nitrogen and oxygen atoms in total. The molecule has 0 bridgehead atoms. The third-order valence-electron chi connectivity index (χ3n) is 1.40. The van der Waals surface area contributed by atoms with E-state index in [4.69, 9.17) is 5.73 Å². The first-order chi connectivity index (χ1) is 6.53. The topological polar surface area (TPSA) is 85.1 Å². The molecule has 0 atom stereocenters. The zero-order chi connectivity index (χ0) is 10.6. The van der Waals surface area contributed by atoms with Crippen molar-refractivity contribution >= 4 is 21.5 Å². The molecule has 76 valence electrons. The third-order valence-corrected chi connectivity index (χ3v) is 2.62. The third kappa shape index (κ3) is 3.06. The second kappa shape index (κ2) is 4.10. The molecule has 0 radical (unpaired) electrons. The van der Waals surface area contributed by atoms with Crippen molar-refractivity contribution in [2.45, 2.75) is 0 Å². The molecule has 1 rings (SSSR count). The Labute approximate surface area is 82.7 Å². The van der Waals surface area contributed by atoms with Crippen molar-refractivity contribution in [3.63, 3.8) is 0 Å². The molecular formula is C8H11N3O2S. The lowest BCUT2D eigenvalue weighted by Gasteiger charge is -2.04. The Hall–Kier alpha value is -1.56. The van der Waals surface area contributed by atoms with Crippen LogP contribution in [0.15, 0.2) is 31.0 Å². The lowest BCUT2D eigenvalue weighted by molar-refractivity contribution is 0.604. The zero-order valence-electron chi connectivity index (χ0n) is 7.47. The summed E-state index contributed by atoms with van der Waals surface area (Å²) >= 11 is 0. The van der Waals surface area contributed by atoms with Gasteiger partial charge >= 0.3 is 0 Å². The Morgan fingerprint density at radius 2 is 2.29 bits per heavy atom. The van der Waals surface area contributed by atoms with Crippen LogP contribution in [-0.4, -0.2) is 19.2 Å². The van der Waals surface area contributed by atoms with Crippen molar-refractivity contribution in [2.24, 2.45) is 0 Å². The predicted molar refractivity (Wildman–Crippen MR) is 56.3 cm³/mol. The summed E-state index contributed by atoms with van der Waals surface area (Å²) in [7, 11) is -3.35. The predicted octanol–water partition coefficient (Wildman–Crippen LogP) is 0.591. The molecule has 0 fully saturated rings. The Balaban J connectivity index is 2.79. The van der Waals surface area contributed by atoms with Gasteiger partial charge in [-0.05, 0) is 12.1 Å². The molecule has 0 aliphatic carbocycles. The molecule has 3 N–H and O–H groups in total. The highest BCUT2D eigenvalue weighted by atomic mass is 32.2. The zero-order valence-corrected chi connectivity index (χ0v) is 8.29. The van der Waals surface area contributed by atoms with Gasteiger partial charge in [0.1, 0.15) is 5.82 Å². The largest absolute Gasteiger partial charge is 0.384 e. The van der Waals surface area contributed by atoms with Crippen molar-refractivity contribution in [3.05, 3.63) is 31.0 Å². The maximum absolute atomic E-state index is 11.2. The fourth-order valence-electron chi connectivity index (χ4n) is 0.842. The molecule has 1 heterocycles. The van der Waals surface area contributed by atoms with Gasteiger partial charge in [-0.15, -0.1) is 6.58 Å². The number of hydrogen-bond donors (Lipinski definition) is 2. The molecule has 0 unspecified atom stereocenters. The summed E-state index contributed by atoms with van der Waals surface area (Å²) in [6.07, 6.45) is 2.67. The molecule has 0 spiro atoms. The number of rotatable bonds is 4. The molecule has 1 aromatic rings. The highest BCUT2D eigenvalue weighted by molar-refractivity contribution is 7.92. The molecule has 1 aromatic heterocycles. The van der Waals surface area contributed by atoms with Crippen molar-refractivity contribution < 1.29 is 8.42 Å². The van der Waals surface area contributed by atoms with Crippen LogP contribution in [0, 0.1) is 0 Å². The average molecular weight is 213 g/mol. The van der Waals surface area contributed by atoms with Crippen LogP contribution in [0.5, 0.6) is 0 Å². The quantitative estimate of drug-likeness (QED) is 0.717. The van der Waals surface area contributed by atoms with Crippen molar-refractivity contribution in [1.82, 2.24) is 4.98 Å². The molecule has 0 saturated carbocycles. The van der Waals surface area contributed by atoms with E-state index in [0.29, 0.717) is 11.5 Å². The smallest absolute Gasteiger partial charge is 0.236 e. The molecule has 14 heavy (non-hydrogen) atoms. The van der Waals surface area contributed by atoms with E-state index in [1.807, 2.05) is 0 Å². The summed E-state index contributed by atoms with van der Waals surface area (Å²) in [4.78, 5) is 3.75. The van der Waals surface area contributed by atoms with Crippen molar-refractivity contribution in [3.8, 4) is 0 Å². The van der Waals surface area contributed by atoms with E-state index in [-0.39, 0.29) is 5.75 Å². The maximum Gasteiger partial charge on any atom is 0.236 e. The summed E-state index contributed by atoms with van der Waals surface area (Å²) in [6.45, 7) is 3.35. The second-order valence-electron chi connectivity index (χ2n) is 2.64. The fourth-order valence-corrected chi connectivity index (χ4v) is 1.72. The number of sulfonamides is 1. The lowest BCUT2D eigenvalue weighted by atomic mass is 10.4. The average Bonchev–Trinajstić information content (AvgIpc) is 2.08. The second-order valence-corrected chi connectivity index (χ2v) is 4.41. The SMILES string of the molecule is C=CCS(=O)(=O)Nc1ccc(N)nc1. The van der Waals surface area contributed by atoms with Gasteiger partial charge in [0.05, 0.1) is 17.6 Å². The number of nitrogen functional groups attached to an aromatic ring is 1. The first kappa shape index (κ1) is 10.5. The molecular weight excluding hydrogens is 202 g/mol. The molecule has 0 amide bonds. The van der Waals surface area contributed by atoms with E-state index < -0.39 is 10.0 Å². The number of aromatic nitrogens is 1. The standard InChI is InChI=1S/C8H11N3O2S/c1-2-5-14(12,13)11-7-3-4-8(9)10-6-7/h2-4,6,11H,1,5H2,(H2,9,10). The van der Waals surface area contributed by atoms with Gasteiger partial charge in [0.15, 0.2) is 0 Å². The molecule has 0 aliphatic rings. The van der Waals surface area contributed by atoms with Gasteiger partial charge in [-0.25, -0.2) is 13.4 Å². The summed E-state index contributed by atoms with van der Waals surface area (Å²) in [6, 6.07) is 3.06. The van der Waals surface area contributed by atoms with E-state index >= 15 is 0 Å². The highest BCUT2D eigenvalue weighted by Crippen LogP contribution is 2.09. The van der Waals surface area contributed by atoms with Gasteiger partial charge in [-0.1, -0.05) is 6.08 Å². The van der Waals surface area contributed by atoms with Crippen LogP contribution >= 0.6 is 0 Å². The highest BCUT2D eigenvalue weighted by Gasteiger charge is 2.07. The van der Waals surface area contributed by atoms with Crippen LogP contribution in [0.2, 0.25) is 0 Å². The van der Waals surface area contributed by atoms with Crippen LogP contribution < -0.4 is 10.5 Å². The van der Waals surface area contributed by atoms with Gasteiger partial charge < -0.3 is 5.73 Å². The van der Waals surface area contributed by atoms with Gasteiger partial charge in [-0.3, -0.25) is 4.72 Å². The molecule has 0 aromatic carbocycles. The van der Waals surface area contributed by atoms with Crippen LogP contribution in [0.3, 0.4) is 0 Å². The Kier molecular flexibility index (Phi) is 3.08. The monoisotopic (exact) mass is 213 g/mol. The van der Waals surface area contributed by atoms with E-state index in [0.717, 1.165) is 0 Å². The van der Waals surface area contributed by atoms with Gasteiger partial charge in [-0.2, -0.15) is 0 Å². The van der Waals surface area contributed by atoms with Gasteiger partial charge in [0, 0.05) is 0 Å². The summed E-state index contributed by atoms with van der Waals surface area (Å²) in [5.41, 5.74) is 5.73. The van der Waals surface area contributed by atoms with E-state index in [1.165, 1.54) is 18.3 Å². The maximum atomic E-state index is 11.2. The molecule has 6 heteroatoms. The number of nitrogens with one attached hydrogen (secondary N) is 1. The number of nitrogens with two attached hydrogens (primary N) is 1. The minimum atomic E-state index is -3.35. The minimum absolute atomic E-state index is 0.128.